The smallest absolute Gasteiger partial charge is 0.410 e. The zero-order chi connectivity index (χ0) is 43.5. The third kappa shape index (κ3) is 13.7. The van der Waals surface area contributed by atoms with Crippen LogP contribution >= 0.6 is 0 Å². The van der Waals surface area contributed by atoms with E-state index >= 15 is 0 Å². The molecule has 0 saturated heterocycles. The Balaban J connectivity index is 0.000000223. The molecule has 1 amide bonds. The number of carboxylic acids is 1. The molecule has 0 spiro atoms. The molecule has 0 aliphatic rings. The average molecular weight is 837 g/mol. The fourth-order valence-electron chi connectivity index (χ4n) is 6.30. The van der Waals surface area contributed by atoms with E-state index in [0.29, 0.717) is 37.2 Å². The number of nitrogens with one attached hydrogen (secondary N) is 1. The number of rotatable bonds is 19. The van der Waals surface area contributed by atoms with E-state index in [2.05, 4.69) is 34.3 Å². The van der Waals surface area contributed by atoms with Gasteiger partial charge in [0.05, 0.1) is 24.6 Å². The van der Waals surface area contributed by atoms with Crippen molar-refractivity contribution < 1.29 is 37.7 Å². The van der Waals surface area contributed by atoms with E-state index in [1.807, 2.05) is 117 Å². The predicted molar refractivity (Wildman–Crippen MR) is 237 cm³/mol. The Morgan fingerprint density at radius 1 is 0.629 bits per heavy atom. The molecule has 12 heteroatoms. The van der Waals surface area contributed by atoms with Gasteiger partial charge in [-0.1, -0.05) is 97.9 Å². The Kier molecular flexibility index (Phi) is 16.5. The SMILES string of the molecule is CCNCc1ccc(OCCc2nc(-c3ccccc3)oc2C)cc1.Cc1oc(-c2ccccc2)nc1CCOc1ccc(CN(CC(=O)O)C(=O)OCc2ccccc2)cc1. The highest BCUT2D eigenvalue weighted by molar-refractivity contribution is 5.76. The van der Waals surface area contributed by atoms with Crippen LogP contribution in [0.5, 0.6) is 11.5 Å². The molecule has 7 rings (SSSR count). The number of hydrogen-bond donors (Lipinski definition) is 2. The fraction of sp³-hybridized carbons (Fsp3) is 0.240. The van der Waals surface area contributed by atoms with Crippen molar-refractivity contribution in [3.63, 3.8) is 0 Å². The average Bonchev–Trinajstić information content (AvgIpc) is 3.87. The van der Waals surface area contributed by atoms with Gasteiger partial charge in [-0.05, 0) is 85.6 Å². The first-order chi connectivity index (χ1) is 30.2. The molecule has 62 heavy (non-hydrogen) atoms. The van der Waals surface area contributed by atoms with Crippen LogP contribution in [0.25, 0.3) is 22.9 Å². The van der Waals surface area contributed by atoms with Gasteiger partial charge in [-0.3, -0.25) is 9.69 Å². The number of benzene rings is 5. The number of aryl methyl sites for hydroxylation is 2. The van der Waals surface area contributed by atoms with Crippen LogP contribution in [0.2, 0.25) is 0 Å². The molecule has 2 heterocycles. The number of amides is 1. The third-order valence-corrected chi connectivity index (χ3v) is 9.63. The number of aromatic nitrogens is 2. The lowest BCUT2D eigenvalue weighted by molar-refractivity contribution is -0.138. The van der Waals surface area contributed by atoms with Gasteiger partial charge in [-0.25, -0.2) is 14.8 Å². The van der Waals surface area contributed by atoms with E-state index < -0.39 is 18.6 Å². The van der Waals surface area contributed by atoms with Crippen LogP contribution in [0.15, 0.2) is 148 Å². The molecule has 5 aromatic carbocycles. The molecule has 0 saturated carbocycles. The summed E-state index contributed by atoms with van der Waals surface area (Å²) >= 11 is 0. The highest BCUT2D eigenvalue weighted by Gasteiger charge is 2.19. The second-order valence-electron chi connectivity index (χ2n) is 14.3. The van der Waals surface area contributed by atoms with Crippen LogP contribution in [0, 0.1) is 13.8 Å². The molecule has 0 bridgehead atoms. The maximum atomic E-state index is 12.5. The third-order valence-electron chi connectivity index (χ3n) is 9.63. The standard InChI is InChI=1S/C29H28N2O6.C21H24N2O2/c1-21-26(30-28(37-21)24-10-6-3-7-11-24)16-17-35-25-14-12-22(13-15-25)18-31(19-27(32)33)29(34)36-20-23-8-4-2-5-9-23;1-3-22-15-17-9-11-19(12-10-17)24-14-13-20-16(2)25-21(23-20)18-7-5-4-6-8-18/h2-15H,16-20H2,1H3,(H,32,33);4-12,22H,3,13-15H2,1-2H3. The maximum Gasteiger partial charge on any atom is 0.410 e. The van der Waals surface area contributed by atoms with E-state index in [1.54, 1.807) is 24.3 Å². The van der Waals surface area contributed by atoms with Crippen LogP contribution in [-0.2, 0) is 42.1 Å². The second-order valence-corrected chi connectivity index (χ2v) is 14.3. The van der Waals surface area contributed by atoms with E-state index in [4.69, 9.17) is 23.0 Å². The minimum absolute atomic E-state index is 0.0698. The van der Waals surface area contributed by atoms with Crippen molar-refractivity contribution in [1.82, 2.24) is 20.2 Å². The summed E-state index contributed by atoms with van der Waals surface area (Å²) in [6, 6.07) is 44.3. The zero-order valence-corrected chi connectivity index (χ0v) is 35.3. The Bertz CT molecular complexity index is 2420. The van der Waals surface area contributed by atoms with Crippen molar-refractivity contribution in [2.24, 2.45) is 0 Å². The van der Waals surface area contributed by atoms with E-state index in [1.165, 1.54) is 5.56 Å². The predicted octanol–water partition coefficient (Wildman–Crippen LogP) is 9.88. The van der Waals surface area contributed by atoms with Crippen molar-refractivity contribution in [1.29, 1.82) is 0 Å². The van der Waals surface area contributed by atoms with Gasteiger partial charge in [0.2, 0.25) is 11.8 Å². The lowest BCUT2D eigenvalue weighted by Gasteiger charge is -2.20. The van der Waals surface area contributed by atoms with Crippen LogP contribution in [0.4, 0.5) is 4.79 Å². The summed E-state index contributed by atoms with van der Waals surface area (Å²) in [4.78, 5) is 34.2. The zero-order valence-electron chi connectivity index (χ0n) is 35.3. The molecule has 2 N–H and O–H groups in total. The van der Waals surface area contributed by atoms with Gasteiger partial charge in [0, 0.05) is 37.1 Å². The molecule has 0 radical (unpaired) electrons. The van der Waals surface area contributed by atoms with Crippen molar-refractivity contribution in [2.75, 3.05) is 26.3 Å². The minimum Gasteiger partial charge on any atom is -0.493 e. The van der Waals surface area contributed by atoms with E-state index in [9.17, 15) is 14.7 Å². The highest BCUT2D eigenvalue weighted by atomic mass is 16.6. The molecule has 0 fully saturated rings. The van der Waals surface area contributed by atoms with Crippen LogP contribution in [-0.4, -0.2) is 58.3 Å². The summed E-state index contributed by atoms with van der Waals surface area (Å²) < 4.78 is 28.6. The Morgan fingerprint density at radius 2 is 1.10 bits per heavy atom. The molecule has 7 aromatic rings. The molecule has 320 valence electrons. The van der Waals surface area contributed by atoms with Gasteiger partial charge in [-0.2, -0.15) is 0 Å². The number of carbonyl (C=O) groups excluding carboxylic acids is 1. The Hall–Kier alpha value is -7.18. The number of nitrogens with zero attached hydrogens (tertiary/aromatic N) is 3. The summed E-state index contributed by atoms with van der Waals surface area (Å²) in [5.41, 5.74) is 6.55. The van der Waals surface area contributed by atoms with Gasteiger partial charge in [0.25, 0.3) is 0 Å². The Labute approximate surface area is 362 Å². The van der Waals surface area contributed by atoms with Crippen LogP contribution in [0.3, 0.4) is 0 Å². The molecule has 2 aromatic heterocycles. The van der Waals surface area contributed by atoms with Crippen molar-refractivity contribution >= 4 is 12.1 Å². The summed E-state index contributed by atoms with van der Waals surface area (Å²) in [6.07, 6.45) is 0.620. The lowest BCUT2D eigenvalue weighted by atomic mass is 10.2. The molecule has 12 nitrogen and oxygen atoms in total. The number of carboxylic acid groups (broad SMARTS) is 1. The van der Waals surface area contributed by atoms with Crippen molar-refractivity contribution in [3.8, 4) is 34.4 Å². The van der Waals surface area contributed by atoms with Gasteiger partial charge < -0.3 is 33.5 Å². The number of aliphatic carboxylic acids is 1. The van der Waals surface area contributed by atoms with E-state index in [0.717, 1.165) is 75.3 Å². The van der Waals surface area contributed by atoms with E-state index in [-0.39, 0.29) is 13.2 Å². The van der Waals surface area contributed by atoms with Gasteiger partial charge in [0.1, 0.15) is 36.2 Å². The number of hydrogen-bond acceptors (Lipinski definition) is 10. The highest BCUT2D eigenvalue weighted by Crippen LogP contribution is 2.24. The lowest BCUT2D eigenvalue weighted by Crippen LogP contribution is -2.35. The molecular weight excluding hydrogens is 785 g/mol. The molecule has 0 atom stereocenters. The molecule has 0 unspecified atom stereocenters. The second kappa shape index (κ2) is 23.0. The summed E-state index contributed by atoms with van der Waals surface area (Å²) in [5.74, 6) is 3.29. The molecule has 0 aliphatic heterocycles. The largest absolute Gasteiger partial charge is 0.493 e. The maximum absolute atomic E-state index is 12.5. The van der Waals surface area contributed by atoms with Crippen molar-refractivity contribution in [2.45, 2.75) is 53.3 Å². The first-order valence-electron chi connectivity index (χ1n) is 20.6. The Morgan fingerprint density at radius 3 is 1.56 bits per heavy atom. The minimum atomic E-state index is -1.12. The first kappa shape index (κ1) is 44.4. The molecule has 0 aliphatic carbocycles. The van der Waals surface area contributed by atoms with Gasteiger partial charge >= 0.3 is 12.1 Å². The number of carbonyl (C=O) groups is 2. The number of ether oxygens (including phenoxy) is 3. The molecular formula is C50H52N4O8. The van der Waals surface area contributed by atoms with Crippen LogP contribution in [0.1, 0.15) is 46.5 Å². The fourth-order valence-corrected chi connectivity index (χ4v) is 6.30. The quantitative estimate of drug-likeness (QED) is 0.0802. The topological polar surface area (TPSA) is 149 Å². The summed E-state index contributed by atoms with van der Waals surface area (Å²) in [5, 5.41) is 12.5. The van der Waals surface area contributed by atoms with Crippen LogP contribution < -0.4 is 14.8 Å². The van der Waals surface area contributed by atoms with Crippen molar-refractivity contribution in [3.05, 3.63) is 179 Å². The normalized spacial score (nSPS) is 10.7. The van der Waals surface area contributed by atoms with Gasteiger partial charge in [-0.15, -0.1) is 0 Å². The monoisotopic (exact) mass is 836 g/mol. The first-order valence-corrected chi connectivity index (χ1v) is 20.6. The summed E-state index contributed by atoms with van der Waals surface area (Å²) in [6.45, 7) is 8.49. The number of oxazole rings is 2. The van der Waals surface area contributed by atoms with Gasteiger partial charge in [0.15, 0.2) is 0 Å². The summed E-state index contributed by atoms with van der Waals surface area (Å²) in [7, 11) is 0.